The molecule has 0 saturated heterocycles. The SMILES string of the molecule is O=C(CNC(=O)c1csc(Cc2ccccc2)n1)Nc1ccc(-n2cncn2)cc1. The van der Waals surface area contributed by atoms with E-state index >= 15 is 0 Å². The second-order valence-corrected chi connectivity index (χ2v) is 7.35. The Kier molecular flexibility index (Phi) is 5.90. The summed E-state index contributed by atoms with van der Waals surface area (Å²) in [6.45, 7) is -0.144. The molecule has 9 heteroatoms. The number of rotatable bonds is 7. The lowest BCUT2D eigenvalue weighted by molar-refractivity contribution is -0.115. The third kappa shape index (κ3) is 4.95. The Morgan fingerprint density at radius 3 is 2.57 bits per heavy atom. The Hall–Kier alpha value is -3.85. The topological polar surface area (TPSA) is 102 Å². The van der Waals surface area contributed by atoms with Gasteiger partial charge in [0.05, 0.1) is 17.2 Å². The Balaban J connectivity index is 1.27. The van der Waals surface area contributed by atoms with Gasteiger partial charge in [0, 0.05) is 17.5 Å². The lowest BCUT2D eigenvalue weighted by atomic mass is 10.2. The van der Waals surface area contributed by atoms with E-state index in [9.17, 15) is 9.59 Å². The number of benzene rings is 2. The van der Waals surface area contributed by atoms with E-state index in [0.717, 1.165) is 16.3 Å². The molecule has 30 heavy (non-hydrogen) atoms. The Labute approximate surface area is 176 Å². The quantitative estimate of drug-likeness (QED) is 0.480. The van der Waals surface area contributed by atoms with Crippen LogP contribution in [0.4, 0.5) is 5.69 Å². The van der Waals surface area contributed by atoms with Crippen LogP contribution in [0.1, 0.15) is 21.1 Å². The van der Waals surface area contributed by atoms with E-state index in [-0.39, 0.29) is 18.4 Å². The molecule has 0 bridgehead atoms. The summed E-state index contributed by atoms with van der Waals surface area (Å²) in [5.41, 5.74) is 2.90. The van der Waals surface area contributed by atoms with Gasteiger partial charge in [-0.25, -0.2) is 14.6 Å². The first-order valence-electron chi connectivity index (χ1n) is 9.19. The summed E-state index contributed by atoms with van der Waals surface area (Å²) in [7, 11) is 0. The molecule has 150 valence electrons. The summed E-state index contributed by atoms with van der Waals surface area (Å²) in [5, 5.41) is 11.9. The maximum absolute atomic E-state index is 12.3. The molecule has 0 aliphatic carbocycles. The summed E-state index contributed by atoms with van der Waals surface area (Å²) < 4.78 is 1.62. The van der Waals surface area contributed by atoms with Crippen LogP contribution in [-0.4, -0.2) is 38.1 Å². The fourth-order valence-corrected chi connectivity index (χ4v) is 3.57. The lowest BCUT2D eigenvalue weighted by Crippen LogP contribution is -2.33. The fourth-order valence-electron chi connectivity index (χ4n) is 2.76. The molecular weight excluding hydrogens is 400 g/mol. The van der Waals surface area contributed by atoms with Gasteiger partial charge in [0.15, 0.2) is 0 Å². The summed E-state index contributed by atoms with van der Waals surface area (Å²) >= 11 is 1.43. The monoisotopic (exact) mass is 418 g/mol. The third-order valence-corrected chi connectivity index (χ3v) is 5.08. The third-order valence-electron chi connectivity index (χ3n) is 4.23. The summed E-state index contributed by atoms with van der Waals surface area (Å²) in [6.07, 6.45) is 3.71. The zero-order valence-electron chi connectivity index (χ0n) is 15.9. The normalized spacial score (nSPS) is 10.5. The van der Waals surface area contributed by atoms with Gasteiger partial charge in [0.1, 0.15) is 18.3 Å². The number of nitrogens with zero attached hydrogens (tertiary/aromatic N) is 4. The fraction of sp³-hybridized carbons (Fsp3) is 0.0952. The van der Waals surface area contributed by atoms with Crippen LogP contribution in [0, 0.1) is 0 Å². The maximum atomic E-state index is 12.3. The van der Waals surface area contributed by atoms with Crippen molar-refractivity contribution in [3.63, 3.8) is 0 Å². The van der Waals surface area contributed by atoms with E-state index in [4.69, 9.17) is 0 Å². The molecule has 0 fully saturated rings. The van der Waals surface area contributed by atoms with Crippen LogP contribution in [0.2, 0.25) is 0 Å². The van der Waals surface area contributed by atoms with Gasteiger partial charge in [0.2, 0.25) is 5.91 Å². The van der Waals surface area contributed by atoms with E-state index in [0.29, 0.717) is 17.8 Å². The van der Waals surface area contributed by atoms with Crippen molar-refractivity contribution in [2.75, 3.05) is 11.9 Å². The van der Waals surface area contributed by atoms with Gasteiger partial charge in [-0.3, -0.25) is 9.59 Å². The molecule has 2 heterocycles. The number of thiazole rings is 1. The number of amides is 2. The van der Waals surface area contributed by atoms with Crippen molar-refractivity contribution in [3.8, 4) is 5.69 Å². The van der Waals surface area contributed by atoms with Gasteiger partial charge >= 0.3 is 0 Å². The van der Waals surface area contributed by atoms with E-state index < -0.39 is 0 Å². The Morgan fingerprint density at radius 1 is 1.03 bits per heavy atom. The highest BCUT2D eigenvalue weighted by molar-refractivity contribution is 7.09. The van der Waals surface area contributed by atoms with Crippen LogP contribution in [0.15, 0.2) is 72.6 Å². The van der Waals surface area contributed by atoms with Crippen molar-refractivity contribution in [2.24, 2.45) is 0 Å². The van der Waals surface area contributed by atoms with Crippen LogP contribution in [0.25, 0.3) is 5.69 Å². The highest BCUT2D eigenvalue weighted by atomic mass is 32.1. The molecule has 8 nitrogen and oxygen atoms in total. The molecule has 0 atom stereocenters. The maximum Gasteiger partial charge on any atom is 0.271 e. The molecule has 2 aromatic heterocycles. The van der Waals surface area contributed by atoms with Crippen LogP contribution in [0.5, 0.6) is 0 Å². The second-order valence-electron chi connectivity index (χ2n) is 6.41. The standard InChI is InChI=1S/C21H18N6O2S/c28-19(25-16-6-8-17(9-7-16)27-14-22-13-24-27)11-23-21(29)18-12-30-20(26-18)10-15-4-2-1-3-5-15/h1-9,12-14H,10-11H2,(H,23,29)(H,25,28). The molecule has 0 aliphatic rings. The summed E-state index contributed by atoms with van der Waals surface area (Å²) in [5.74, 6) is -0.696. The lowest BCUT2D eigenvalue weighted by Gasteiger charge is -2.07. The zero-order chi connectivity index (χ0) is 20.8. The van der Waals surface area contributed by atoms with Crippen molar-refractivity contribution >= 4 is 28.8 Å². The number of carbonyl (C=O) groups excluding carboxylic acids is 2. The van der Waals surface area contributed by atoms with Crippen LogP contribution < -0.4 is 10.6 Å². The molecule has 2 aromatic carbocycles. The van der Waals surface area contributed by atoms with Gasteiger partial charge in [0.25, 0.3) is 5.91 Å². The molecule has 0 spiro atoms. The predicted molar refractivity (Wildman–Crippen MR) is 114 cm³/mol. The van der Waals surface area contributed by atoms with Crippen LogP contribution >= 0.6 is 11.3 Å². The highest BCUT2D eigenvalue weighted by Crippen LogP contribution is 2.15. The number of nitrogens with one attached hydrogen (secondary N) is 2. The smallest absolute Gasteiger partial charge is 0.271 e. The second kappa shape index (κ2) is 9.10. The Bertz CT molecular complexity index is 1120. The van der Waals surface area contributed by atoms with Crippen molar-refractivity contribution in [1.82, 2.24) is 25.1 Å². The molecule has 4 aromatic rings. The van der Waals surface area contributed by atoms with Gasteiger partial charge < -0.3 is 10.6 Å². The molecule has 0 radical (unpaired) electrons. The first-order valence-corrected chi connectivity index (χ1v) is 10.1. The molecule has 4 rings (SSSR count). The highest BCUT2D eigenvalue weighted by Gasteiger charge is 2.12. The molecule has 0 unspecified atom stereocenters. The number of anilines is 1. The summed E-state index contributed by atoms with van der Waals surface area (Å²) in [6, 6.07) is 17.1. The van der Waals surface area contributed by atoms with Gasteiger partial charge in [-0.2, -0.15) is 5.10 Å². The number of aromatic nitrogens is 4. The number of hydrogen-bond acceptors (Lipinski definition) is 6. The van der Waals surface area contributed by atoms with Crippen molar-refractivity contribution in [3.05, 3.63) is 88.9 Å². The number of carbonyl (C=O) groups is 2. The minimum absolute atomic E-state index is 0.144. The molecule has 2 amide bonds. The predicted octanol–water partition coefficient (Wildman–Crippen LogP) is 2.68. The number of hydrogen-bond donors (Lipinski definition) is 2. The summed E-state index contributed by atoms with van der Waals surface area (Å²) in [4.78, 5) is 32.7. The minimum atomic E-state index is -0.373. The first kappa shape index (κ1) is 19.5. The van der Waals surface area contributed by atoms with Crippen LogP contribution in [-0.2, 0) is 11.2 Å². The van der Waals surface area contributed by atoms with Crippen molar-refractivity contribution < 1.29 is 9.59 Å². The van der Waals surface area contributed by atoms with E-state index in [2.05, 4.69) is 25.7 Å². The Morgan fingerprint density at radius 2 is 1.83 bits per heavy atom. The van der Waals surface area contributed by atoms with E-state index in [1.165, 1.54) is 17.7 Å². The van der Waals surface area contributed by atoms with E-state index in [1.54, 1.807) is 28.5 Å². The van der Waals surface area contributed by atoms with Crippen molar-refractivity contribution in [1.29, 1.82) is 0 Å². The minimum Gasteiger partial charge on any atom is -0.342 e. The van der Waals surface area contributed by atoms with Crippen molar-refractivity contribution in [2.45, 2.75) is 6.42 Å². The average molecular weight is 418 g/mol. The molecule has 0 aliphatic heterocycles. The molecule has 0 saturated carbocycles. The zero-order valence-corrected chi connectivity index (χ0v) is 16.7. The largest absolute Gasteiger partial charge is 0.342 e. The average Bonchev–Trinajstić information content (AvgIpc) is 3.46. The van der Waals surface area contributed by atoms with Gasteiger partial charge in [-0.1, -0.05) is 30.3 Å². The molecular formula is C21H18N6O2S. The molecule has 2 N–H and O–H groups in total. The van der Waals surface area contributed by atoms with Gasteiger partial charge in [-0.05, 0) is 29.8 Å². The first-order chi connectivity index (χ1) is 14.7. The van der Waals surface area contributed by atoms with Crippen LogP contribution in [0.3, 0.4) is 0 Å². The van der Waals surface area contributed by atoms with E-state index in [1.807, 2.05) is 42.5 Å². The van der Waals surface area contributed by atoms with Gasteiger partial charge in [-0.15, -0.1) is 11.3 Å².